The van der Waals surface area contributed by atoms with E-state index in [0.29, 0.717) is 0 Å². The lowest BCUT2D eigenvalue weighted by atomic mass is 10.1. The average molecular weight is 411 g/mol. The van der Waals surface area contributed by atoms with E-state index < -0.39 is 0 Å². The van der Waals surface area contributed by atoms with Gasteiger partial charge in [-0.25, -0.2) is 9.97 Å². The van der Waals surface area contributed by atoms with E-state index in [1.54, 1.807) is 6.33 Å². The maximum Gasteiger partial charge on any atom is 0.141 e. The molecule has 3 rings (SSSR count). The Morgan fingerprint density at radius 1 is 0.909 bits per heavy atom. The van der Waals surface area contributed by atoms with Crippen LogP contribution < -0.4 is 5.32 Å². The van der Waals surface area contributed by atoms with Gasteiger partial charge in [-0.1, -0.05) is 0 Å². The van der Waals surface area contributed by atoms with Gasteiger partial charge in [0.1, 0.15) is 12.1 Å². The molecule has 0 aliphatic heterocycles. The summed E-state index contributed by atoms with van der Waals surface area (Å²) in [6, 6.07) is 12.5. The van der Waals surface area contributed by atoms with Crippen LogP contribution in [0.15, 0.2) is 42.7 Å². The van der Waals surface area contributed by atoms with E-state index in [1.807, 2.05) is 0 Å². The van der Waals surface area contributed by atoms with Crippen molar-refractivity contribution < 1.29 is 11.0 Å². The lowest BCUT2D eigenvalue weighted by Crippen LogP contribution is -1.97. The van der Waals surface area contributed by atoms with E-state index in [-0.39, 0.29) is 11.0 Å². The molecule has 116 valence electrons. The summed E-state index contributed by atoms with van der Waals surface area (Å²) in [7, 11) is 0. The molecule has 0 aliphatic rings. The number of halogens is 1. The van der Waals surface area contributed by atoms with E-state index in [9.17, 15) is 0 Å². The summed E-state index contributed by atoms with van der Waals surface area (Å²) in [6.45, 7) is 4.21. The van der Waals surface area contributed by atoms with Gasteiger partial charge in [0, 0.05) is 14.6 Å². The Kier molecular flexibility index (Phi) is 6.21. The van der Waals surface area contributed by atoms with E-state index >= 15 is 0 Å². The van der Waals surface area contributed by atoms with Crippen molar-refractivity contribution in [3.05, 3.63) is 57.4 Å². The number of hydrogen-bond donors (Lipinski definition) is 1. The van der Waals surface area contributed by atoms with Crippen molar-refractivity contribution in [3.8, 4) is 0 Å². The average Bonchev–Trinajstić information content (AvgIpc) is 2.43. The lowest BCUT2D eigenvalue weighted by molar-refractivity contribution is 0.823. The molecule has 0 saturated heterocycles. The predicted molar refractivity (Wildman–Crippen MR) is 98.7 cm³/mol. The molecule has 5 N–H and O–H groups in total. The van der Waals surface area contributed by atoms with Gasteiger partial charge < -0.3 is 16.3 Å². The third-order valence-corrected chi connectivity index (χ3v) is 4.08. The van der Waals surface area contributed by atoms with Gasteiger partial charge in [0.15, 0.2) is 0 Å². The summed E-state index contributed by atoms with van der Waals surface area (Å²) in [5, 5.41) is 4.42. The van der Waals surface area contributed by atoms with Gasteiger partial charge >= 0.3 is 0 Å². The Morgan fingerprint density at radius 2 is 1.55 bits per heavy atom. The fourth-order valence-electron chi connectivity index (χ4n) is 2.09. The molecule has 0 spiro atoms. The monoisotopic (exact) mass is 411 g/mol. The highest BCUT2D eigenvalue weighted by molar-refractivity contribution is 14.1. The maximum absolute atomic E-state index is 4.37. The second kappa shape index (κ2) is 7.48. The van der Waals surface area contributed by atoms with Gasteiger partial charge in [-0.05, 0) is 84.0 Å². The molecule has 6 heteroatoms. The van der Waals surface area contributed by atoms with E-state index in [4.69, 9.17) is 0 Å². The highest BCUT2D eigenvalue weighted by atomic mass is 127. The van der Waals surface area contributed by atoms with Crippen molar-refractivity contribution in [1.82, 2.24) is 9.97 Å². The first-order chi connectivity index (χ1) is 9.63. The largest absolute Gasteiger partial charge is 0.412 e. The minimum absolute atomic E-state index is 0. The van der Waals surface area contributed by atoms with Crippen LogP contribution >= 0.6 is 22.6 Å². The molecule has 0 fully saturated rings. The number of aromatic nitrogens is 2. The molecule has 0 saturated carbocycles. The molecule has 22 heavy (non-hydrogen) atoms. The molecule has 3 aromatic rings. The van der Waals surface area contributed by atoms with Gasteiger partial charge in [0.25, 0.3) is 0 Å². The van der Waals surface area contributed by atoms with E-state index in [2.05, 4.69) is 88.1 Å². The van der Waals surface area contributed by atoms with Gasteiger partial charge in [0.05, 0.1) is 5.52 Å². The predicted octanol–water partition coefficient (Wildman–Crippen LogP) is 2.95. The highest BCUT2D eigenvalue weighted by Crippen LogP contribution is 2.25. The number of benzene rings is 2. The van der Waals surface area contributed by atoms with Crippen LogP contribution in [0.2, 0.25) is 0 Å². The summed E-state index contributed by atoms with van der Waals surface area (Å²) in [4.78, 5) is 8.72. The zero-order valence-corrected chi connectivity index (χ0v) is 14.5. The summed E-state index contributed by atoms with van der Waals surface area (Å²) in [5.74, 6) is 0.847. The highest BCUT2D eigenvalue weighted by Gasteiger charge is 2.06. The molecule has 0 atom stereocenters. The minimum Gasteiger partial charge on any atom is -0.412 e. The molecule has 0 amide bonds. The number of anilines is 2. The first-order valence-corrected chi connectivity index (χ1v) is 7.46. The zero-order valence-electron chi connectivity index (χ0n) is 12.3. The molecule has 0 aliphatic carbocycles. The SMILES string of the molecule is Cc1cc2ncnc(Nc3ccc(I)cc3)c2cc1C.O.O. The fourth-order valence-corrected chi connectivity index (χ4v) is 2.44. The lowest BCUT2D eigenvalue weighted by Gasteiger charge is -2.10. The minimum atomic E-state index is 0. The summed E-state index contributed by atoms with van der Waals surface area (Å²) < 4.78 is 1.21. The molecule has 0 unspecified atom stereocenters. The van der Waals surface area contributed by atoms with Gasteiger partial charge in [0.2, 0.25) is 0 Å². The third kappa shape index (κ3) is 3.70. The summed E-state index contributed by atoms with van der Waals surface area (Å²) in [6.07, 6.45) is 1.60. The van der Waals surface area contributed by atoms with Crippen molar-refractivity contribution in [2.24, 2.45) is 0 Å². The first-order valence-electron chi connectivity index (χ1n) is 6.38. The Bertz CT molecular complexity index is 776. The molecule has 0 bridgehead atoms. The standard InChI is InChI=1S/C16H14IN3.2H2O/c1-10-7-14-15(8-11(10)2)18-9-19-16(14)20-13-5-3-12(17)4-6-13;;/h3-9H,1-2H3,(H,18,19,20);2*1H2. The van der Waals surface area contributed by atoms with Gasteiger partial charge in [-0.2, -0.15) is 0 Å². The molecule has 1 aromatic heterocycles. The van der Waals surface area contributed by atoms with Crippen molar-refractivity contribution in [2.45, 2.75) is 13.8 Å². The van der Waals surface area contributed by atoms with Crippen molar-refractivity contribution in [2.75, 3.05) is 5.32 Å². The summed E-state index contributed by atoms with van der Waals surface area (Å²) in [5.41, 5.74) is 4.49. The zero-order chi connectivity index (χ0) is 14.1. The van der Waals surface area contributed by atoms with Crippen molar-refractivity contribution >= 4 is 45.0 Å². The quantitative estimate of drug-likeness (QED) is 0.656. The van der Waals surface area contributed by atoms with E-state index in [1.165, 1.54) is 14.7 Å². The number of fused-ring (bicyclic) bond motifs is 1. The van der Waals surface area contributed by atoms with Crippen LogP contribution in [0.5, 0.6) is 0 Å². The second-order valence-electron chi connectivity index (χ2n) is 4.81. The Hall–Kier alpha value is -1.77. The van der Waals surface area contributed by atoms with Crippen molar-refractivity contribution in [1.29, 1.82) is 0 Å². The normalized spacial score (nSPS) is 9.77. The van der Waals surface area contributed by atoms with E-state index in [0.717, 1.165) is 22.4 Å². The Balaban J connectivity index is 0.00000121. The Labute approximate surface area is 142 Å². The fraction of sp³-hybridized carbons (Fsp3) is 0.125. The topological polar surface area (TPSA) is 101 Å². The van der Waals surface area contributed by atoms with Crippen LogP contribution in [0.4, 0.5) is 11.5 Å². The maximum atomic E-state index is 4.37. The second-order valence-corrected chi connectivity index (χ2v) is 6.05. The number of rotatable bonds is 2. The molecular weight excluding hydrogens is 393 g/mol. The molecule has 0 radical (unpaired) electrons. The van der Waals surface area contributed by atoms with Crippen LogP contribution in [0.25, 0.3) is 10.9 Å². The Morgan fingerprint density at radius 3 is 2.23 bits per heavy atom. The van der Waals surface area contributed by atoms with Crippen LogP contribution in [-0.2, 0) is 0 Å². The van der Waals surface area contributed by atoms with Crippen LogP contribution in [0.1, 0.15) is 11.1 Å². The van der Waals surface area contributed by atoms with Crippen LogP contribution in [0, 0.1) is 17.4 Å². The first kappa shape index (κ1) is 18.3. The molecule has 5 nitrogen and oxygen atoms in total. The van der Waals surface area contributed by atoms with Gasteiger partial charge in [-0.15, -0.1) is 0 Å². The number of hydrogen-bond acceptors (Lipinski definition) is 3. The van der Waals surface area contributed by atoms with Crippen LogP contribution in [-0.4, -0.2) is 20.9 Å². The number of nitrogens with zero attached hydrogens (tertiary/aromatic N) is 2. The van der Waals surface area contributed by atoms with Gasteiger partial charge in [-0.3, -0.25) is 0 Å². The molecule has 2 aromatic carbocycles. The smallest absolute Gasteiger partial charge is 0.141 e. The number of nitrogens with one attached hydrogen (secondary N) is 1. The number of aryl methyl sites for hydroxylation is 2. The summed E-state index contributed by atoms with van der Waals surface area (Å²) >= 11 is 2.30. The van der Waals surface area contributed by atoms with Crippen LogP contribution in [0.3, 0.4) is 0 Å². The third-order valence-electron chi connectivity index (χ3n) is 3.36. The molecular formula is C16H18IN3O2. The molecule has 1 heterocycles. The van der Waals surface area contributed by atoms with Crippen molar-refractivity contribution in [3.63, 3.8) is 0 Å².